The molecule has 0 fully saturated rings. The number of carbonyl (C=O) groups excluding carboxylic acids is 1. The van der Waals surface area contributed by atoms with Crippen LogP contribution in [0.2, 0.25) is 10.0 Å². The number of hydrogen-bond acceptors (Lipinski definition) is 2. The third kappa shape index (κ3) is 5.71. The van der Waals surface area contributed by atoms with Crippen molar-refractivity contribution in [1.82, 2.24) is 0 Å². The molecule has 0 saturated carbocycles. The van der Waals surface area contributed by atoms with Crippen molar-refractivity contribution in [2.75, 3.05) is 5.32 Å². The predicted octanol–water partition coefficient (Wildman–Crippen LogP) is 6.89. The Morgan fingerprint density at radius 3 is 2.41 bits per heavy atom. The van der Waals surface area contributed by atoms with E-state index >= 15 is 0 Å². The van der Waals surface area contributed by atoms with E-state index in [1.165, 1.54) is 6.08 Å². The molecule has 0 aliphatic carbocycles. The van der Waals surface area contributed by atoms with Crippen molar-refractivity contribution in [1.29, 1.82) is 5.26 Å². The average molecular weight is 486 g/mol. The highest BCUT2D eigenvalue weighted by Crippen LogP contribution is 2.26. The van der Waals surface area contributed by atoms with Gasteiger partial charge < -0.3 is 5.32 Å². The second-order valence-corrected chi connectivity index (χ2v) is 7.95. The molecule has 29 heavy (non-hydrogen) atoms. The van der Waals surface area contributed by atoms with Gasteiger partial charge in [0, 0.05) is 26.6 Å². The number of anilines is 1. The van der Waals surface area contributed by atoms with Gasteiger partial charge in [0.1, 0.15) is 11.6 Å². The summed E-state index contributed by atoms with van der Waals surface area (Å²) in [5.74, 6) is -0.497. The van der Waals surface area contributed by atoms with Gasteiger partial charge in [0.2, 0.25) is 0 Å². The lowest BCUT2D eigenvalue weighted by Crippen LogP contribution is -2.13. The van der Waals surface area contributed by atoms with Gasteiger partial charge in [-0.25, -0.2) is 0 Å². The van der Waals surface area contributed by atoms with Crippen LogP contribution < -0.4 is 5.32 Å². The molecule has 3 aromatic carbocycles. The molecule has 3 nitrogen and oxygen atoms in total. The van der Waals surface area contributed by atoms with Crippen molar-refractivity contribution < 1.29 is 4.79 Å². The first-order chi connectivity index (χ1) is 14.0. The summed E-state index contributed by atoms with van der Waals surface area (Å²) >= 11 is 15.8. The maximum Gasteiger partial charge on any atom is 0.266 e. The maximum absolute atomic E-state index is 12.4. The number of benzene rings is 3. The zero-order valence-electron chi connectivity index (χ0n) is 15.1. The first-order valence-corrected chi connectivity index (χ1v) is 10.2. The lowest BCUT2D eigenvalue weighted by atomic mass is 10.0. The summed E-state index contributed by atoms with van der Waals surface area (Å²) < 4.78 is 1.02. The zero-order chi connectivity index (χ0) is 20.8. The van der Waals surface area contributed by atoms with Crippen molar-refractivity contribution in [3.05, 3.63) is 104 Å². The van der Waals surface area contributed by atoms with E-state index in [9.17, 15) is 10.1 Å². The molecule has 1 amide bonds. The lowest BCUT2D eigenvalue weighted by Gasteiger charge is -2.08. The largest absolute Gasteiger partial charge is 0.321 e. The van der Waals surface area contributed by atoms with Gasteiger partial charge >= 0.3 is 0 Å². The number of rotatable bonds is 5. The summed E-state index contributed by atoms with van der Waals surface area (Å²) in [6.45, 7) is 0. The average Bonchev–Trinajstić information content (AvgIpc) is 2.71. The molecule has 0 aliphatic rings. The lowest BCUT2D eigenvalue weighted by molar-refractivity contribution is -0.112. The second-order valence-electron chi connectivity index (χ2n) is 6.25. The van der Waals surface area contributed by atoms with Crippen LogP contribution in [0, 0.1) is 11.3 Å². The summed E-state index contributed by atoms with van der Waals surface area (Å²) in [4.78, 5) is 12.4. The fourth-order valence-corrected chi connectivity index (χ4v) is 3.50. The molecule has 3 aromatic rings. The van der Waals surface area contributed by atoms with E-state index in [4.69, 9.17) is 23.2 Å². The molecular formula is C23H15BrCl2N2O. The highest BCUT2D eigenvalue weighted by atomic mass is 79.9. The normalized spacial score (nSPS) is 11.0. The summed E-state index contributed by atoms with van der Waals surface area (Å²) in [7, 11) is 0. The van der Waals surface area contributed by atoms with Gasteiger partial charge in [0.25, 0.3) is 5.91 Å². The molecule has 6 heteroatoms. The third-order valence-electron chi connectivity index (χ3n) is 4.19. The van der Waals surface area contributed by atoms with E-state index in [0.717, 1.165) is 15.6 Å². The summed E-state index contributed by atoms with van der Waals surface area (Å²) in [5, 5.41) is 13.2. The van der Waals surface area contributed by atoms with Gasteiger partial charge in [-0.3, -0.25) is 4.79 Å². The number of nitriles is 1. The van der Waals surface area contributed by atoms with E-state index in [0.29, 0.717) is 27.7 Å². The molecule has 0 aliphatic heterocycles. The van der Waals surface area contributed by atoms with Crippen molar-refractivity contribution >= 4 is 56.8 Å². The van der Waals surface area contributed by atoms with Crippen LogP contribution in [-0.2, 0) is 11.2 Å². The molecular weight excluding hydrogens is 471 g/mol. The molecule has 0 aromatic heterocycles. The third-order valence-corrected chi connectivity index (χ3v) is 5.57. The maximum atomic E-state index is 12.4. The highest BCUT2D eigenvalue weighted by molar-refractivity contribution is 9.10. The number of halogens is 3. The molecule has 1 N–H and O–H groups in total. The summed E-state index contributed by atoms with van der Waals surface area (Å²) in [6, 6.07) is 22.0. The molecule has 0 radical (unpaired) electrons. The quantitative estimate of drug-likeness (QED) is 0.316. The van der Waals surface area contributed by atoms with Crippen LogP contribution in [0.1, 0.15) is 16.7 Å². The van der Waals surface area contributed by atoms with Crippen LogP contribution in [-0.4, -0.2) is 5.91 Å². The van der Waals surface area contributed by atoms with Gasteiger partial charge in [0.15, 0.2) is 0 Å². The van der Waals surface area contributed by atoms with Crippen molar-refractivity contribution in [2.45, 2.75) is 6.42 Å². The first-order valence-electron chi connectivity index (χ1n) is 8.67. The van der Waals surface area contributed by atoms with E-state index in [1.54, 1.807) is 30.3 Å². The van der Waals surface area contributed by atoms with Gasteiger partial charge in [-0.15, -0.1) is 0 Å². The Hall–Kier alpha value is -2.58. The monoisotopic (exact) mass is 484 g/mol. The zero-order valence-corrected chi connectivity index (χ0v) is 18.2. The van der Waals surface area contributed by atoms with Crippen LogP contribution in [0.3, 0.4) is 0 Å². The second kappa shape index (κ2) is 9.76. The molecule has 144 valence electrons. The minimum Gasteiger partial charge on any atom is -0.321 e. The Labute approximate surface area is 187 Å². The number of hydrogen-bond donors (Lipinski definition) is 1. The standard InChI is InChI=1S/C23H15BrCl2N2O/c24-21-4-2-1-3-16(21)13-17-6-5-15(12-22(17)26)11-18(14-27)23(29)28-20-9-7-19(25)8-10-20/h1-12H,13H2,(H,28,29)/b18-11+. The van der Waals surface area contributed by atoms with Crippen LogP contribution in [0.4, 0.5) is 5.69 Å². The minimum absolute atomic E-state index is 0.0189. The van der Waals surface area contributed by atoms with Gasteiger partial charge in [-0.05, 0) is 59.2 Å². The Kier molecular flexibility index (Phi) is 7.11. The number of amides is 1. The Morgan fingerprint density at radius 2 is 1.76 bits per heavy atom. The Bertz CT molecular complexity index is 1120. The van der Waals surface area contributed by atoms with Gasteiger partial charge in [-0.1, -0.05) is 69.5 Å². The molecule has 0 saturated heterocycles. The number of carbonyl (C=O) groups is 1. The fraction of sp³-hybridized carbons (Fsp3) is 0.0435. The first kappa shape index (κ1) is 21.1. The SMILES string of the molecule is N#C/C(=C\c1ccc(Cc2ccccc2Br)c(Cl)c1)C(=O)Nc1ccc(Cl)cc1. The fourth-order valence-electron chi connectivity index (χ4n) is 2.69. The molecule has 0 heterocycles. The van der Waals surface area contributed by atoms with Crippen molar-refractivity contribution in [3.8, 4) is 6.07 Å². The molecule has 0 unspecified atom stereocenters. The number of nitrogens with one attached hydrogen (secondary N) is 1. The van der Waals surface area contributed by atoms with Crippen LogP contribution in [0.5, 0.6) is 0 Å². The number of nitrogens with zero attached hydrogens (tertiary/aromatic N) is 1. The van der Waals surface area contributed by atoms with Gasteiger partial charge in [0.05, 0.1) is 0 Å². The van der Waals surface area contributed by atoms with Crippen molar-refractivity contribution in [3.63, 3.8) is 0 Å². The van der Waals surface area contributed by atoms with Crippen molar-refractivity contribution in [2.24, 2.45) is 0 Å². The Morgan fingerprint density at radius 1 is 1.03 bits per heavy atom. The minimum atomic E-state index is -0.497. The molecule has 0 atom stereocenters. The van der Waals surface area contributed by atoms with Crippen LogP contribution in [0.25, 0.3) is 6.08 Å². The molecule has 0 spiro atoms. The topological polar surface area (TPSA) is 52.9 Å². The van der Waals surface area contributed by atoms with E-state index in [1.807, 2.05) is 42.5 Å². The van der Waals surface area contributed by atoms with Gasteiger partial charge in [-0.2, -0.15) is 5.26 Å². The van der Waals surface area contributed by atoms with E-state index in [2.05, 4.69) is 21.2 Å². The summed E-state index contributed by atoms with van der Waals surface area (Å²) in [6.07, 6.45) is 2.19. The van der Waals surface area contributed by atoms with Crippen LogP contribution >= 0.6 is 39.1 Å². The highest BCUT2D eigenvalue weighted by Gasteiger charge is 2.11. The van der Waals surface area contributed by atoms with E-state index in [-0.39, 0.29) is 5.57 Å². The Balaban J connectivity index is 1.78. The van der Waals surface area contributed by atoms with Crippen LogP contribution in [0.15, 0.2) is 76.8 Å². The predicted molar refractivity (Wildman–Crippen MR) is 122 cm³/mol. The smallest absolute Gasteiger partial charge is 0.266 e. The van der Waals surface area contributed by atoms with E-state index < -0.39 is 5.91 Å². The molecule has 0 bridgehead atoms. The molecule has 3 rings (SSSR count). The summed E-state index contributed by atoms with van der Waals surface area (Å²) in [5.41, 5.74) is 3.29.